The number of nitro groups is 1. The lowest BCUT2D eigenvalue weighted by atomic mass is 9.93. The Balaban J connectivity index is 2.35. The topological polar surface area (TPSA) is 114 Å². The molecule has 0 aliphatic carbocycles. The standard InChI is InChI=1S/C11H14F3N5O4/c1-17-9(8(3-15-17)19(22)23)18-4-6(11(12,13)14)2-7(5-18)16-10(20)21/h3,6-7,16H,2,4-5H2,1H3,(H,20,21). The number of piperidine rings is 1. The minimum atomic E-state index is -4.54. The monoisotopic (exact) mass is 337 g/mol. The third-order valence-electron chi connectivity index (χ3n) is 3.63. The summed E-state index contributed by atoms with van der Waals surface area (Å²) in [6.45, 7) is -0.610. The zero-order chi connectivity index (χ0) is 17.4. The van der Waals surface area contributed by atoms with Gasteiger partial charge in [0.15, 0.2) is 0 Å². The lowest BCUT2D eigenvalue weighted by Gasteiger charge is -2.38. The normalized spacial score (nSPS) is 22.0. The fraction of sp³-hybridized carbons (Fsp3) is 0.636. The second kappa shape index (κ2) is 5.93. The van der Waals surface area contributed by atoms with Crippen LogP contribution in [0.15, 0.2) is 6.20 Å². The Bertz CT molecular complexity index is 617. The van der Waals surface area contributed by atoms with Crippen LogP contribution in [0.3, 0.4) is 0 Å². The molecule has 1 aromatic heterocycles. The maximum Gasteiger partial charge on any atom is 0.404 e. The SMILES string of the molecule is Cn1ncc([N+](=O)[O-])c1N1CC(NC(=O)O)CC(C(F)(F)F)C1. The molecule has 23 heavy (non-hydrogen) atoms. The molecular weight excluding hydrogens is 323 g/mol. The highest BCUT2D eigenvalue weighted by atomic mass is 19.4. The third kappa shape index (κ3) is 3.63. The number of carbonyl (C=O) groups is 1. The van der Waals surface area contributed by atoms with E-state index in [1.165, 1.54) is 7.05 Å². The van der Waals surface area contributed by atoms with E-state index >= 15 is 0 Å². The van der Waals surface area contributed by atoms with E-state index in [-0.39, 0.29) is 12.4 Å². The quantitative estimate of drug-likeness (QED) is 0.636. The van der Waals surface area contributed by atoms with E-state index in [1.807, 2.05) is 5.32 Å². The van der Waals surface area contributed by atoms with Gasteiger partial charge in [-0.25, -0.2) is 9.48 Å². The predicted octanol–water partition coefficient (Wildman–Crippen LogP) is 1.35. The van der Waals surface area contributed by atoms with Gasteiger partial charge in [0.05, 0.1) is 16.9 Å². The molecule has 1 aromatic rings. The van der Waals surface area contributed by atoms with E-state index in [2.05, 4.69) is 5.10 Å². The second-order valence-electron chi connectivity index (χ2n) is 5.26. The van der Waals surface area contributed by atoms with Crippen LogP contribution in [0.25, 0.3) is 0 Å². The summed E-state index contributed by atoms with van der Waals surface area (Å²) < 4.78 is 40.3. The molecule has 1 aliphatic heterocycles. The molecule has 0 bridgehead atoms. The molecule has 1 amide bonds. The lowest BCUT2D eigenvalue weighted by molar-refractivity contribution is -0.384. The van der Waals surface area contributed by atoms with Crippen molar-refractivity contribution in [2.45, 2.75) is 18.6 Å². The average molecular weight is 337 g/mol. The number of amides is 1. The first-order valence-corrected chi connectivity index (χ1v) is 6.57. The number of alkyl halides is 3. The number of halogens is 3. The molecule has 9 nitrogen and oxygen atoms in total. The van der Waals surface area contributed by atoms with Gasteiger partial charge in [0.2, 0.25) is 5.82 Å². The van der Waals surface area contributed by atoms with Crippen molar-refractivity contribution in [3.63, 3.8) is 0 Å². The number of aromatic nitrogens is 2. The van der Waals surface area contributed by atoms with Crippen molar-refractivity contribution < 1.29 is 28.0 Å². The summed E-state index contributed by atoms with van der Waals surface area (Å²) >= 11 is 0. The van der Waals surface area contributed by atoms with E-state index in [0.29, 0.717) is 0 Å². The summed E-state index contributed by atoms with van der Waals surface area (Å²) in [5.74, 6) is -1.89. The van der Waals surface area contributed by atoms with Gasteiger partial charge in [-0.15, -0.1) is 0 Å². The van der Waals surface area contributed by atoms with Crippen molar-refractivity contribution >= 4 is 17.6 Å². The molecule has 0 spiro atoms. The van der Waals surface area contributed by atoms with E-state index in [4.69, 9.17) is 5.11 Å². The van der Waals surface area contributed by atoms with Gasteiger partial charge in [-0.1, -0.05) is 0 Å². The van der Waals surface area contributed by atoms with Gasteiger partial charge < -0.3 is 15.3 Å². The first kappa shape index (κ1) is 16.8. The summed E-state index contributed by atoms with van der Waals surface area (Å²) in [6.07, 6.45) is -5.45. The molecule has 1 aliphatic rings. The molecule has 2 rings (SSSR count). The fourth-order valence-electron chi connectivity index (χ4n) is 2.70. The maximum absolute atomic E-state index is 13.1. The van der Waals surface area contributed by atoms with Crippen LogP contribution in [0.1, 0.15) is 6.42 Å². The van der Waals surface area contributed by atoms with Crippen LogP contribution in [0.4, 0.5) is 29.5 Å². The molecule has 1 saturated heterocycles. The molecule has 12 heteroatoms. The number of hydrogen-bond acceptors (Lipinski definition) is 5. The minimum absolute atomic E-state index is 0.0823. The van der Waals surface area contributed by atoms with Crippen molar-refractivity contribution in [1.82, 2.24) is 15.1 Å². The Labute approximate surface area is 127 Å². The molecule has 2 atom stereocenters. The molecule has 2 unspecified atom stereocenters. The predicted molar refractivity (Wildman–Crippen MR) is 71.2 cm³/mol. The summed E-state index contributed by atoms with van der Waals surface area (Å²) in [5, 5.41) is 25.5. The molecule has 0 aromatic carbocycles. The van der Waals surface area contributed by atoms with Crippen LogP contribution in [0.2, 0.25) is 0 Å². The number of anilines is 1. The molecule has 1 fully saturated rings. The van der Waals surface area contributed by atoms with Crippen LogP contribution in [0, 0.1) is 16.0 Å². The number of hydrogen-bond donors (Lipinski definition) is 2. The Morgan fingerprint density at radius 1 is 1.52 bits per heavy atom. The Kier molecular flexibility index (Phi) is 4.34. The average Bonchev–Trinajstić information content (AvgIpc) is 2.78. The highest BCUT2D eigenvalue weighted by molar-refractivity contribution is 5.65. The number of carboxylic acid groups (broad SMARTS) is 1. The second-order valence-corrected chi connectivity index (χ2v) is 5.26. The maximum atomic E-state index is 13.1. The number of nitrogens with one attached hydrogen (secondary N) is 1. The summed E-state index contributed by atoms with van der Waals surface area (Å²) in [4.78, 5) is 22.1. The van der Waals surface area contributed by atoms with Crippen molar-refractivity contribution in [1.29, 1.82) is 0 Å². The van der Waals surface area contributed by atoms with Gasteiger partial charge in [-0.05, 0) is 6.42 Å². The minimum Gasteiger partial charge on any atom is -0.465 e. The fourth-order valence-corrected chi connectivity index (χ4v) is 2.70. The van der Waals surface area contributed by atoms with E-state index in [1.54, 1.807) is 0 Å². The first-order chi connectivity index (χ1) is 10.6. The van der Waals surface area contributed by atoms with Crippen LogP contribution < -0.4 is 10.2 Å². The zero-order valence-electron chi connectivity index (χ0n) is 11.9. The van der Waals surface area contributed by atoms with Gasteiger partial charge in [-0.2, -0.15) is 18.3 Å². The molecular formula is C11H14F3N5O4. The molecule has 2 N–H and O–H groups in total. The van der Waals surface area contributed by atoms with Crippen LogP contribution in [-0.4, -0.2) is 51.2 Å². The first-order valence-electron chi connectivity index (χ1n) is 6.57. The van der Waals surface area contributed by atoms with Gasteiger partial charge in [0.25, 0.3) is 0 Å². The van der Waals surface area contributed by atoms with E-state index in [9.17, 15) is 28.1 Å². The Hall–Kier alpha value is -2.53. The van der Waals surface area contributed by atoms with Crippen molar-refractivity contribution in [2.24, 2.45) is 13.0 Å². The Morgan fingerprint density at radius 3 is 2.70 bits per heavy atom. The smallest absolute Gasteiger partial charge is 0.404 e. The highest BCUT2D eigenvalue weighted by Crippen LogP contribution is 2.37. The lowest BCUT2D eigenvalue weighted by Crippen LogP contribution is -2.54. The van der Waals surface area contributed by atoms with Crippen molar-refractivity contribution in [2.75, 3.05) is 18.0 Å². The van der Waals surface area contributed by atoms with E-state index < -0.39 is 47.8 Å². The Morgan fingerprint density at radius 2 is 2.17 bits per heavy atom. The summed E-state index contributed by atoms with van der Waals surface area (Å²) in [5.41, 5.74) is -0.426. The zero-order valence-corrected chi connectivity index (χ0v) is 11.9. The number of rotatable bonds is 3. The van der Waals surface area contributed by atoms with Crippen LogP contribution in [-0.2, 0) is 7.05 Å². The van der Waals surface area contributed by atoms with Crippen LogP contribution >= 0.6 is 0 Å². The number of aryl methyl sites for hydroxylation is 1. The summed E-state index contributed by atoms with van der Waals surface area (Å²) in [7, 11) is 1.37. The largest absolute Gasteiger partial charge is 0.465 e. The summed E-state index contributed by atoms with van der Waals surface area (Å²) in [6, 6.07) is -0.998. The van der Waals surface area contributed by atoms with Gasteiger partial charge in [-0.3, -0.25) is 10.1 Å². The third-order valence-corrected chi connectivity index (χ3v) is 3.63. The highest BCUT2D eigenvalue weighted by Gasteiger charge is 2.46. The van der Waals surface area contributed by atoms with Crippen LogP contribution in [0.5, 0.6) is 0 Å². The van der Waals surface area contributed by atoms with E-state index in [0.717, 1.165) is 15.8 Å². The van der Waals surface area contributed by atoms with Crippen molar-refractivity contribution in [3.05, 3.63) is 16.3 Å². The molecule has 0 radical (unpaired) electrons. The molecule has 128 valence electrons. The molecule has 2 heterocycles. The van der Waals surface area contributed by atoms with Gasteiger partial charge in [0, 0.05) is 20.1 Å². The van der Waals surface area contributed by atoms with Gasteiger partial charge in [0.1, 0.15) is 6.20 Å². The molecule has 0 saturated carbocycles. The van der Waals surface area contributed by atoms with Gasteiger partial charge >= 0.3 is 18.0 Å². The van der Waals surface area contributed by atoms with Crippen molar-refractivity contribution in [3.8, 4) is 0 Å². The number of nitrogens with zero attached hydrogens (tertiary/aromatic N) is 4.